The Morgan fingerprint density at radius 1 is 1.18 bits per heavy atom. The van der Waals surface area contributed by atoms with Crippen LogP contribution in [-0.2, 0) is 14.5 Å². The number of piperidine rings is 1. The third kappa shape index (κ3) is 6.92. The topological polar surface area (TPSA) is 90.8 Å². The van der Waals surface area contributed by atoms with Crippen LogP contribution in [0.5, 0.6) is 0 Å². The molecule has 1 aliphatic carbocycles. The van der Waals surface area contributed by atoms with Crippen LogP contribution in [-0.4, -0.2) is 55.5 Å². The molecule has 0 spiro atoms. The van der Waals surface area contributed by atoms with Gasteiger partial charge >= 0.3 is 5.97 Å². The first-order valence-electron chi connectivity index (χ1n) is 13.6. The number of thiophene rings is 1. The summed E-state index contributed by atoms with van der Waals surface area (Å²) in [6.45, 7) is 9.20. The fraction of sp³-hybridized carbons (Fsp3) is 0.533. The van der Waals surface area contributed by atoms with E-state index >= 15 is 0 Å². The van der Waals surface area contributed by atoms with Crippen LogP contribution in [0.15, 0.2) is 35.5 Å². The Hall–Kier alpha value is -2.67. The van der Waals surface area contributed by atoms with Crippen LogP contribution in [0.2, 0.25) is 0 Å². The number of aromatic carboxylic acids is 1. The summed E-state index contributed by atoms with van der Waals surface area (Å²) in [7, 11) is -2.70. The van der Waals surface area contributed by atoms with Gasteiger partial charge in [-0.05, 0) is 89.3 Å². The third-order valence-electron chi connectivity index (χ3n) is 7.54. The lowest BCUT2D eigenvalue weighted by molar-refractivity contribution is -0.124. The molecule has 1 unspecified atom stereocenters. The van der Waals surface area contributed by atoms with E-state index in [1.807, 2.05) is 25.1 Å². The molecule has 1 aliphatic heterocycles. The summed E-state index contributed by atoms with van der Waals surface area (Å²) in [5.41, 5.74) is 0.208. The van der Waals surface area contributed by atoms with Crippen molar-refractivity contribution in [2.75, 3.05) is 18.0 Å². The zero-order valence-electron chi connectivity index (χ0n) is 23.3. The maximum Gasteiger partial charge on any atom is 0.348 e. The quantitative estimate of drug-likeness (QED) is 0.364. The summed E-state index contributed by atoms with van der Waals surface area (Å²) in [5.74, 6) is 9.76. The highest BCUT2D eigenvalue weighted by molar-refractivity contribution is 7.98. The van der Waals surface area contributed by atoms with Gasteiger partial charge in [0.15, 0.2) is 0 Å². The van der Waals surface area contributed by atoms with Crippen molar-refractivity contribution in [2.45, 2.75) is 77.2 Å². The van der Waals surface area contributed by atoms with E-state index in [1.165, 1.54) is 0 Å². The number of rotatable bonds is 6. The second kappa shape index (κ2) is 11.8. The zero-order valence-corrected chi connectivity index (χ0v) is 24.9. The van der Waals surface area contributed by atoms with Crippen LogP contribution in [0.3, 0.4) is 0 Å². The second-order valence-electron chi connectivity index (χ2n) is 11.8. The highest BCUT2D eigenvalue weighted by Gasteiger charge is 2.38. The number of hydrogen-bond donors (Lipinski definition) is 1. The average Bonchev–Trinajstić information content (AvgIpc) is 3.33. The minimum Gasteiger partial charge on any atom is -0.477 e. The Kier molecular flexibility index (Phi) is 8.89. The summed E-state index contributed by atoms with van der Waals surface area (Å²) < 4.78 is 15.5. The fourth-order valence-electron chi connectivity index (χ4n) is 5.30. The maximum absolute atomic E-state index is 14.1. The van der Waals surface area contributed by atoms with Gasteiger partial charge in [0.25, 0.3) is 0 Å². The SMILES string of the molecule is C=S(=O)(c1cccnc1)N1CCC(N(C(=O)C2CCC(C)CC2)c2cc(C#CC(C)(C)C)sc2C(=O)O)CC1. The molecule has 1 amide bonds. The summed E-state index contributed by atoms with van der Waals surface area (Å²) in [4.78, 5) is 33.7. The molecular weight excluding hydrogens is 530 g/mol. The molecule has 2 aromatic heterocycles. The van der Waals surface area contributed by atoms with Crippen LogP contribution in [0, 0.1) is 29.1 Å². The van der Waals surface area contributed by atoms with E-state index in [4.69, 9.17) is 0 Å². The maximum atomic E-state index is 14.1. The average molecular weight is 570 g/mol. The number of carboxylic acid groups (broad SMARTS) is 1. The molecular formula is C30H39N3O4S2. The molecule has 2 aliphatic rings. The smallest absolute Gasteiger partial charge is 0.348 e. The standard InChI is InChI=1S/C30H39N3O4S2/c1-21-8-10-22(11-9-21)28(34)33(26-19-24(12-15-30(2,3)4)38-27(26)29(35)36)23-13-17-32(18-14-23)39(5,37)25-7-6-16-31-20-25/h6-7,16,19-23H,5,8-11,13-14,17-18H2,1-4H3,(H,35,36). The van der Waals surface area contributed by atoms with Crippen molar-refractivity contribution in [2.24, 2.45) is 17.3 Å². The molecule has 2 aromatic rings. The Bertz CT molecular complexity index is 1350. The fourth-order valence-corrected chi connectivity index (χ4v) is 7.76. The van der Waals surface area contributed by atoms with Gasteiger partial charge in [-0.3, -0.25) is 9.78 Å². The molecule has 0 radical (unpaired) electrons. The number of carbonyl (C=O) groups excluding carboxylic acids is 1. The van der Waals surface area contributed by atoms with Gasteiger partial charge in [0.1, 0.15) is 4.88 Å². The number of aromatic nitrogens is 1. The summed E-state index contributed by atoms with van der Waals surface area (Å²) in [6.07, 6.45) is 7.98. The second-order valence-corrected chi connectivity index (χ2v) is 15.1. The molecule has 210 valence electrons. The van der Waals surface area contributed by atoms with Crippen LogP contribution in [0.1, 0.15) is 80.8 Å². The molecule has 7 nitrogen and oxygen atoms in total. The van der Waals surface area contributed by atoms with E-state index in [-0.39, 0.29) is 28.2 Å². The van der Waals surface area contributed by atoms with Crippen molar-refractivity contribution in [1.82, 2.24) is 9.29 Å². The van der Waals surface area contributed by atoms with Crippen molar-refractivity contribution in [3.63, 3.8) is 0 Å². The van der Waals surface area contributed by atoms with Gasteiger partial charge < -0.3 is 10.0 Å². The molecule has 39 heavy (non-hydrogen) atoms. The van der Waals surface area contributed by atoms with E-state index in [0.29, 0.717) is 47.3 Å². The van der Waals surface area contributed by atoms with E-state index < -0.39 is 15.7 Å². The molecule has 3 heterocycles. The molecule has 9 heteroatoms. The number of nitrogens with zero attached hydrogens (tertiary/aromatic N) is 3. The first kappa shape index (κ1) is 29.3. The van der Waals surface area contributed by atoms with E-state index in [2.05, 4.69) is 29.6 Å². The summed E-state index contributed by atoms with van der Waals surface area (Å²) in [5, 5.41) is 10.1. The lowest BCUT2D eigenvalue weighted by Gasteiger charge is -2.41. The van der Waals surface area contributed by atoms with Crippen LogP contribution < -0.4 is 4.90 Å². The number of carbonyl (C=O) groups is 2. The van der Waals surface area contributed by atoms with Crippen molar-refractivity contribution in [3.8, 4) is 11.8 Å². The third-order valence-corrected chi connectivity index (χ3v) is 10.7. The first-order chi connectivity index (χ1) is 18.4. The number of carboxylic acids is 1. The number of anilines is 1. The molecule has 1 atom stereocenters. The van der Waals surface area contributed by atoms with Gasteiger partial charge in [0.05, 0.1) is 25.2 Å². The van der Waals surface area contributed by atoms with Gasteiger partial charge in [0.2, 0.25) is 5.91 Å². The van der Waals surface area contributed by atoms with Gasteiger partial charge in [-0.1, -0.05) is 18.8 Å². The molecule has 2 fully saturated rings. The lowest BCUT2D eigenvalue weighted by Crippen LogP contribution is -2.51. The van der Waals surface area contributed by atoms with Crippen LogP contribution in [0.4, 0.5) is 5.69 Å². The first-order valence-corrected chi connectivity index (χ1v) is 16.1. The monoisotopic (exact) mass is 569 g/mol. The van der Waals surface area contributed by atoms with E-state index in [1.54, 1.807) is 35.5 Å². The van der Waals surface area contributed by atoms with Crippen molar-refractivity contribution in [3.05, 3.63) is 40.3 Å². The molecule has 0 aromatic carbocycles. The number of hydrogen-bond acceptors (Lipinski definition) is 5. The van der Waals surface area contributed by atoms with Gasteiger partial charge in [-0.15, -0.1) is 11.3 Å². The largest absolute Gasteiger partial charge is 0.477 e. The minimum absolute atomic E-state index is 0.00130. The normalized spacial score (nSPS) is 22.4. The molecule has 1 saturated carbocycles. The highest BCUT2D eigenvalue weighted by Crippen LogP contribution is 2.38. The van der Waals surface area contributed by atoms with E-state index in [9.17, 15) is 18.9 Å². The zero-order chi connectivity index (χ0) is 28.4. The Balaban J connectivity index is 1.66. The molecule has 4 rings (SSSR count). The van der Waals surface area contributed by atoms with Crippen LogP contribution >= 0.6 is 11.3 Å². The van der Waals surface area contributed by atoms with Crippen molar-refractivity contribution >= 4 is 44.5 Å². The Labute approximate surface area is 236 Å². The Morgan fingerprint density at radius 3 is 2.41 bits per heavy atom. The van der Waals surface area contributed by atoms with E-state index in [0.717, 1.165) is 37.0 Å². The van der Waals surface area contributed by atoms with Crippen molar-refractivity contribution < 1.29 is 18.9 Å². The summed E-state index contributed by atoms with van der Waals surface area (Å²) >= 11 is 1.13. The summed E-state index contributed by atoms with van der Waals surface area (Å²) in [6, 6.07) is 5.11. The van der Waals surface area contributed by atoms with Crippen molar-refractivity contribution in [1.29, 1.82) is 0 Å². The van der Waals surface area contributed by atoms with Gasteiger partial charge in [0, 0.05) is 42.9 Å². The van der Waals surface area contributed by atoms with Gasteiger partial charge in [-0.2, -0.15) is 0 Å². The Morgan fingerprint density at radius 2 is 1.85 bits per heavy atom. The molecule has 1 saturated heterocycles. The minimum atomic E-state index is -2.70. The molecule has 0 bridgehead atoms. The predicted molar refractivity (Wildman–Crippen MR) is 159 cm³/mol. The molecule has 1 N–H and O–H groups in total. The highest BCUT2D eigenvalue weighted by atomic mass is 32.2. The van der Waals surface area contributed by atoms with Gasteiger partial charge in [-0.25, -0.2) is 13.3 Å². The number of pyridine rings is 1. The predicted octanol–water partition coefficient (Wildman–Crippen LogP) is 5.55. The number of amides is 1. The van der Waals surface area contributed by atoms with Crippen LogP contribution in [0.25, 0.3) is 0 Å². The lowest BCUT2D eigenvalue weighted by atomic mass is 9.82.